The first-order chi connectivity index (χ1) is 15.9. The molecule has 4 rings (SSSR count). The van der Waals surface area contributed by atoms with Crippen molar-refractivity contribution in [1.29, 1.82) is 0 Å². The van der Waals surface area contributed by atoms with Gasteiger partial charge >= 0.3 is 0 Å². The summed E-state index contributed by atoms with van der Waals surface area (Å²) in [7, 11) is 2.05. The maximum absolute atomic E-state index is 12.7. The highest BCUT2D eigenvalue weighted by Crippen LogP contribution is 2.31. The van der Waals surface area contributed by atoms with Crippen molar-refractivity contribution in [2.75, 3.05) is 51.2 Å². The summed E-state index contributed by atoms with van der Waals surface area (Å²) in [5.74, 6) is -0.354. The molecule has 1 N–H and O–H groups in total. The molecule has 0 spiro atoms. The number of nitrogens with zero attached hydrogens (tertiary/aromatic N) is 4. The molecule has 2 aromatic rings. The summed E-state index contributed by atoms with van der Waals surface area (Å²) in [5.41, 5.74) is 2.25. The van der Waals surface area contributed by atoms with Gasteiger partial charge in [-0.3, -0.25) is 19.7 Å². The second-order valence-corrected chi connectivity index (χ2v) is 8.63. The van der Waals surface area contributed by atoms with Crippen LogP contribution in [0.3, 0.4) is 0 Å². The lowest BCUT2D eigenvalue weighted by molar-refractivity contribution is -0.384. The third-order valence-corrected chi connectivity index (χ3v) is 6.33. The van der Waals surface area contributed by atoms with Crippen LogP contribution in [0.15, 0.2) is 42.5 Å². The van der Waals surface area contributed by atoms with Crippen molar-refractivity contribution in [3.63, 3.8) is 0 Å². The van der Waals surface area contributed by atoms with Crippen LogP contribution in [-0.2, 0) is 6.54 Å². The molecule has 2 fully saturated rings. The maximum atomic E-state index is 12.7. The normalized spacial score (nSPS) is 16.6. The van der Waals surface area contributed by atoms with E-state index in [2.05, 4.69) is 10.2 Å². The SMILES string of the molecule is CN1CCN(C(=O)c2ccc(CNC(=O)c3ccc(N4CCCC4)c([N+](=O)[O-])c3)cc2)CC1. The van der Waals surface area contributed by atoms with Gasteiger partial charge in [0, 0.05) is 63.0 Å². The molecule has 2 aliphatic rings. The van der Waals surface area contributed by atoms with Gasteiger partial charge in [-0.1, -0.05) is 12.1 Å². The van der Waals surface area contributed by atoms with E-state index in [9.17, 15) is 19.7 Å². The molecular formula is C24H29N5O4. The van der Waals surface area contributed by atoms with Crippen LogP contribution < -0.4 is 10.2 Å². The standard InChI is InChI=1S/C24H29N5O4/c1-26-12-14-28(15-13-26)24(31)19-6-4-18(5-7-19)17-25-23(30)20-8-9-21(22(16-20)29(32)33)27-10-2-3-11-27/h4-9,16H,2-3,10-15,17H2,1H3,(H,25,30). The molecule has 0 unspecified atom stereocenters. The molecule has 0 aliphatic carbocycles. The predicted molar refractivity (Wildman–Crippen MR) is 126 cm³/mol. The summed E-state index contributed by atoms with van der Waals surface area (Å²) in [6.07, 6.45) is 2.03. The fraction of sp³-hybridized carbons (Fsp3) is 0.417. The Balaban J connectivity index is 1.37. The molecule has 9 nitrogen and oxygen atoms in total. The van der Waals surface area contributed by atoms with Gasteiger partial charge in [0.1, 0.15) is 5.69 Å². The first-order valence-corrected chi connectivity index (χ1v) is 11.3. The molecule has 2 saturated heterocycles. The average Bonchev–Trinajstić information content (AvgIpc) is 3.37. The Morgan fingerprint density at radius 3 is 2.21 bits per heavy atom. The second kappa shape index (κ2) is 9.99. The summed E-state index contributed by atoms with van der Waals surface area (Å²) >= 11 is 0. The molecule has 0 atom stereocenters. The number of carbonyl (C=O) groups excluding carboxylic acids is 2. The highest BCUT2D eigenvalue weighted by atomic mass is 16.6. The minimum Gasteiger partial charge on any atom is -0.366 e. The molecule has 2 aliphatic heterocycles. The van der Waals surface area contributed by atoms with Crippen LogP contribution in [0.5, 0.6) is 0 Å². The van der Waals surface area contributed by atoms with E-state index in [1.165, 1.54) is 6.07 Å². The number of nitro benzene ring substituents is 1. The van der Waals surface area contributed by atoms with E-state index in [1.807, 2.05) is 29.0 Å². The Bertz CT molecular complexity index is 1030. The molecule has 2 heterocycles. The quantitative estimate of drug-likeness (QED) is 0.535. The van der Waals surface area contributed by atoms with Gasteiger partial charge in [0.2, 0.25) is 0 Å². The van der Waals surface area contributed by atoms with Crippen molar-refractivity contribution in [2.45, 2.75) is 19.4 Å². The Morgan fingerprint density at radius 1 is 0.939 bits per heavy atom. The Morgan fingerprint density at radius 2 is 1.58 bits per heavy atom. The number of nitro groups is 1. The van der Waals surface area contributed by atoms with E-state index in [-0.39, 0.29) is 29.6 Å². The van der Waals surface area contributed by atoms with Gasteiger partial charge in [-0.25, -0.2) is 0 Å². The zero-order chi connectivity index (χ0) is 23.4. The number of benzene rings is 2. The lowest BCUT2D eigenvalue weighted by Crippen LogP contribution is -2.47. The van der Waals surface area contributed by atoms with Crippen LogP contribution >= 0.6 is 0 Å². The average molecular weight is 452 g/mol. The van der Waals surface area contributed by atoms with Gasteiger partial charge < -0.3 is 20.0 Å². The largest absolute Gasteiger partial charge is 0.366 e. The van der Waals surface area contributed by atoms with Crippen molar-refractivity contribution in [1.82, 2.24) is 15.1 Å². The zero-order valence-electron chi connectivity index (χ0n) is 18.8. The number of amides is 2. The van der Waals surface area contributed by atoms with Crippen LogP contribution in [0.4, 0.5) is 11.4 Å². The highest BCUT2D eigenvalue weighted by molar-refractivity contribution is 5.96. The van der Waals surface area contributed by atoms with E-state index in [4.69, 9.17) is 0 Å². The van der Waals surface area contributed by atoms with Crippen LogP contribution in [-0.4, -0.2) is 72.9 Å². The Labute approximate surface area is 193 Å². The van der Waals surface area contributed by atoms with E-state index < -0.39 is 4.92 Å². The van der Waals surface area contributed by atoms with Crippen molar-refractivity contribution in [3.05, 3.63) is 69.3 Å². The van der Waals surface area contributed by atoms with Crippen LogP contribution in [0.2, 0.25) is 0 Å². The molecule has 33 heavy (non-hydrogen) atoms. The Hall–Kier alpha value is -3.46. The van der Waals surface area contributed by atoms with Gasteiger partial charge in [-0.2, -0.15) is 0 Å². The highest BCUT2D eigenvalue weighted by Gasteiger charge is 2.24. The van der Waals surface area contributed by atoms with E-state index in [0.29, 0.717) is 11.3 Å². The molecule has 0 bridgehead atoms. The van der Waals surface area contributed by atoms with Gasteiger partial charge in [0.15, 0.2) is 0 Å². The van der Waals surface area contributed by atoms with Gasteiger partial charge in [0.05, 0.1) is 4.92 Å². The maximum Gasteiger partial charge on any atom is 0.293 e. The third-order valence-electron chi connectivity index (χ3n) is 6.33. The number of carbonyl (C=O) groups is 2. The molecule has 9 heteroatoms. The summed E-state index contributed by atoms with van der Waals surface area (Å²) < 4.78 is 0. The second-order valence-electron chi connectivity index (χ2n) is 8.63. The van der Waals surface area contributed by atoms with Crippen molar-refractivity contribution in [2.24, 2.45) is 0 Å². The first-order valence-electron chi connectivity index (χ1n) is 11.3. The fourth-order valence-electron chi connectivity index (χ4n) is 4.28. The minimum atomic E-state index is -0.430. The van der Waals surface area contributed by atoms with E-state index in [0.717, 1.165) is 57.7 Å². The topological polar surface area (TPSA) is 99.0 Å². The van der Waals surface area contributed by atoms with Crippen molar-refractivity contribution < 1.29 is 14.5 Å². The third kappa shape index (κ3) is 5.31. The van der Waals surface area contributed by atoms with Crippen molar-refractivity contribution in [3.8, 4) is 0 Å². The molecule has 174 valence electrons. The smallest absolute Gasteiger partial charge is 0.293 e. The number of anilines is 1. The molecule has 0 radical (unpaired) electrons. The predicted octanol–water partition coefficient (Wildman–Crippen LogP) is 2.51. The van der Waals surface area contributed by atoms with Crippen LogP contribution in [0.1, 0.15) is 39.1 Å². The molecule has 2 aromatic carbocycles. The van der Waals surface area contributed by atoms with Crippen LogP contribution in [0.25, 0.3) is 0 Å². The molecule has 0 saturated carbocycles. The van der Waals surface area contributed by atoms with E-state index in [1.54, 1.807) is 24.3 Å². The monoisotopic (exact) mass is 451 g/mol. The summed E-state index contributed by atoms with van der Waals surface area (Å²) in [4.78, 5) is 42.5. The lowest BCUT2D eigenvalue weighted by Gasteiger charge is -2.32. The van der Waals surface area contributed by atoms with Gasteiger partial charge in [-0.05, 0) is 49.7 Å². The number of hydrogen-bond donors (Lipinski definition) is 1. The van der Waals surface area contributed by atoms with Gasteiger partial charge in [0.25, 0.3) is 17.5 Å². The molecule has 2 amide bonds. The van der Waals surface area contributed by atoms with Gasteiger partial charge in [-0.15, -0.1) is 0 Å². The summed E-state index contributed by atoms with van der Waals surface area (Å²) in [6.45, 7) is 5.02. The number of rotatable bonds is 6. The minimum absolute atomic E-state index is 0.0177. The zero-order valence-corrected chi connectivity index (χ0v) is 18.8. The van der Waals surface area contributed by atoms with E-state index >= 15 is 0 Å². The molecule has 0 aromatic heterocycles. The first kappa shape index (κ1) is 22.7. The molecular weight excluding hydrogens is 422 g/mol. The fourth-order valence-corrected chi connectivity index (χ4v) is 4.28. The van der Waals surface area contributed by atoms with Crippen LogP contribution in [0, 0.1) is 10.1 Å². The van der Waals surface area contributed by atoms with Crippen molar-refractivity contribution >= 4 is 23.2 Å². The summed E-state index contributed by atoms with van der Waals surface area (Å²) in [6, 6.07) is 11.8. The number of likely N-dealkylation sites (N-methyl/N-ethyl adjacent to an activating group) is 1. The lowest BCUT2D eigenvalue weighted by atomic mass is 10.1. The summed E-state index contributed by atoms with van der Waals surface area (Å²) in [5, 5.41) is 14.4. The Kier molecular flexibility index (Phi) is 6.88. The number of nitrogens with one attached hydrogen (secondary N) is 1. The number of hydrogen-bond acceptors (Lipinski definition) is 6. The number of piperazine rings is 1.